The first-order valence-electron chi connectivity index (χ1n) is 9.38. The highest BCUT2D eigenvalue weighted by molar-refractivity contribution is 7.89. The lowest BCUT2D eigenvalue weighted by molar-refractivity contribution is -0.129. The molecule has 1 amide bonds. The number of hydrogen-bond donors (Lipinski definition) is 0. The molecule has 0 fully saturated rings. The summed E-state index contributed by atoms with van der Waals surface area (Å²) in [7, 11) is -3.61. The number of hydrogen-bond acceptors (Lipinski definition) is 4. The third-order valence-electron chi connectivity index (χ3n) is 4.93. The number of rotatable bonds is 5. The average molecular weight is 403 g/mol. The zero-order valence-electron chi connectivity index (χ0n) is 16.5. The average Bonchev–Trinajstić information content (AvgIpc) is 2.88. The number of carbonyl (C=O) groups excluding carboxylic acids is 1. The number of sulfonamides is 1. The van der Waals surface area contributed by atoms with Crippen LogP contribution < -0.4 is 4.74 Å². The van der Waals surface area contributed by atoms with Crippen LogP contribution in [-0.4, -0.2) is 43.2 Å². The summed E-state index contributed by atoms with van der Waals surface area (Å²) in [6, 6.07) is 12.6. The maximum atomic E-state index is 13.1. The van der Waals surface area contributed by atoms with Gasteiger partial charge in [0, 0.05) is 38.7 Å². The minimum Gasteiger partial charge on any atom is -0.492 e. The monoisotopic (exact) mass is 402 g/mol. The molecule has 1 aliphatic rings. The van der Waals surface area contributed by atoms with Crippen LogP contribution in [0.1, 0.15) is 30.5 Å². The van der Waals surface area contributed by atoms with Crippen LogP contribution in [0.25, 0.3) is 0 Å². The zero-order valence-corrected chi connectivity index (χ0v) is 17.3. The number of benzene rings is 2. The molecular weight excluding hydrogens is 376 g/mol. The first-order chi connectivity index (χ1) is 13.3. The summed E-state index contributed by atoms with van der Waals surface area (Å²) in [5, 5.41) is 0. The Morgan fingerprint density at radius 2 is 1.89 bits per heavy atom. The van der Waals surface area contributed by atoms with Crippen LogP contribution in [0.2, 0.25) is 0 Å². The van der Waals surface area contributed by atoms with E-state index in [1.54, 1.807) is 36.1 Å². The van der Waals surface area contributed by atoms with E-state index in [9.17, 15) is 13.2 Å². The maximum absolute atomic E-state index is 13.1. The lowest BCUT2D eigenvalue weighted by Gasteiger charge is -2.21. The van der Waals surface area contributed by atoms with Crippen molar-refractivity contribution >= 4 is 15.9 Å². The molecule has 0 unspecified atom stereocenters. The molecule has 6 nitrogen and oxygen atoms in total. The molecule has 0 saturated heterocycles. The number of fused-ring (bicyclic) bond motifs is 1. The Balaban J connectivity index is 1.87. The summed E-state index contributed by atoms with van der Waals surface area (Å²) in [5.74, 6) is 0.702. The van der Waals surface area contributed by atoms with Crippen LogP contribution in [0.3, 0.4) is 0 Å². The number of amides is 1. The lowest BCUT2D eigenvalue weighted by atomic mass is 10.1. The van der Waals surface area contributed by atoms with Crippen molar-refractivity contribution in [2.24, 2.45) is 0 Å². The Morgan fingerprint density at radius 3 is 2.54 bits per heavy atom. The van der Waals surface area contributed by atoms with Crippen molar-refractivity contribution in [2.75, 3.05) is 19.7 Å². The van der Waals surface area contributed by atoms with Gasteiger partial charge in [-0.2, -0.15) is 4.31 Å². The van der Waals surface area contributed by atoms with Crippen LogP contribution in [-0.2, 0) is 27.9 Å². The Bertz CT molecular complexity index is 955. The van der Waals surface area contributed by atoms with Crippen molar-refractivity contribution in [3.8, 4) is 5.75 Å². The summed E-state index contributed by atoms with van der Waals surface area (Å²) in [6.45, 7) is 7.34. The number of carbonyl (C=O) groups is 1. The minimum absolute atomic E-state index is 0.0114. The van der Waals surface area contributed by atoms with E-state index in [-0.39, 0.29) is 23.9 Å². The van der Waals surface area contributed by atoms with E-state index in [0.717, 1.165) is 16.7 Å². The van der Waals surface area contributed by atoms with Gasteiger partial charge in [0.2, 0.25) is 15.9 Å². The summed E-state index contributed by atoms with van der Waals surface area (Å²) in [6.07, 6.45) is 0. The first kappa shape index (κ1) is 20.4. The van der Waals surface area contributed by atoms with Crippen molar-refractivity contribution in [3.05, 3.63) is 59.2 Å². The van der Waals surface area contributed by atoms with Gasteiger partial charge in [0.1, 0.15) is 12.4 Å². The van der Waals surface area contributed by atoms with Gasteiger partial charge < -0.3 is 9.64 Å². The fourth-order valence-electron chi connectivity index (χ4n) is 3.25. The molecule has 0 bridgehead atoms. The molecule has 0 radical (unpaired) electrons. The number of aryl methyl sites for hydroxylation is 1. The smallest absolute Gasteiger partial charge is 0.243 e. The molecule has 0 spiro atoms. The third kappa shape index (κ3) is 4.36. The van der Waals surface area contributed by atoms with Crippen LogP contribution in [0.5, 0.6) is 5.75 Å². The largest absolute Gasteiger partial charge is 0.492 e. The van der Waals surface area contributed by atoms with E-state index in [1.165, 1.54) is 4.31 Å². The van der Waals surface area contributed by atoms with Gasteiger partial charge in [-0.3, -0.25) is 4.79 Å². The molecule has 7 heteroatoms. The molecule has 0 saturated carbocycles. The number of nitrogens with zero attached hydrogens (tertiary/aromatic N) is 2. The summed E-state index contributed by atoms with van der Waals surface area (Å²) < 4.78 is 33.4. The van der Waals surface area contributed by atoms with Gasteiger partial charge in [0.25, 0.3) is 0 Å². The molecule has 28 heavy (non-hydrogen) atoms. The molecule has 1 heterocycles. The second-order valence-corrected chi connectivity index (χ2v) is 8.91. The van der Waals surface area contributed by atoms with E-state index in [1.807, 2.05) is 32.0 Å². The predicted molar refractivity (Wildman–Crippen MR) is 107 cm³/mol. The lowest BCUT2D eigenvalue weighted by Crippen LogP contribution is -2.32. The van der Waals surface area contributed by atoms with Crippen molar-refractivity contribution in [1.29, 1.82) is 0 Å². The second-order valence-electron chi connectivity index (χ2n) is 6.98. The predicted octanol–water partition coefficient (Wildman–Crippen LogP) is 2.95. The summed E-state index contributed by atoms with van der Waals surface area (Å²) in [5.41, 5.74) is 2.78. The topological polar surface area (TPSA) is 66.9 Å². The molecular formula is C21H26N2O4S. The van der Waals surface area contributed by atoms with E-state index in [0.29, 0.717) is 25.4 Å². The van der Waals surface area contributed by atoms with Crippen molar-refractivity contribution in [1.82, 2.24) is 9.21 Å². The molecule has 2 aromatic rings. The van der Waals surface area contributed by atoms with E-state index >= 15 is 0 Å². The fourth-order valence-corrected chi connectivity index (χ4v) is 4.65. The van der Waals surface area contributed by atoms with Crippen molar-refractivity contribution < 1.29 is 17.9 Å². The Morgan fingerprint density at radius 1 is 1.18 bits per heavy atom. The highest BCUT2D eigenvalue weighted by Crippen LogP contribution is 2.28. The normalized spacial score (nSPS) is 14.7. The highest BCUT2D eigenvalue weighted by Gasteiger charge is 2.27. The molecule has 1 aliphatic heterocycles. The first-order valence-corrected chi connectivity index (χ1v) is 10.8. The Labute approximate surface area is 166 Å². The van der Waals surface area contributed by atoms with Gasteiger partial charge in [-0.1, -0.05) is 23.8 Å². The molecule has 0 atom stereocenters. The minimum atomic E-state index is -3.61. The van der Waals surface area contributed by atoms with Crippen LogP contribution >= 0.6 is 0 Å². The molecule has 150 valence electrons. The molecule has 0 aromatic heterocycles. The highest BCUT2D eigenvalue weighted by atomic mass is 32.2. The van der Waals surface area contributed by atoms with Gasteiger partial charge in [-0.05, 0) is 43.7 Å². The Kier molecular flexibility index (Phi) is 6.05. The third-order valence-corrected chi connectivity index (χ3v) is 6.79. The van der Waals surface area contributed by atoms with E-state index in [4.69, 9.17) is 4.74 Å². The standard InChI is InChI=1S/C21H26N2O4S/c1-4-22(17(3)24)14-18-7-10-21-19(13-18)15-23(11-12-27-21)28(25,26)20-8-5-16(2)6-9-20/h5-10,13H,4,11-12,14-15H2,1-3H3. The van der Waals surface area contributed by atoms with Gasteiger partial charge in [-0.15, -0.1) is 0 Å². The maximum Gasteiger partial charge on any atom is 0.243 e. The molecule has 2 aromatic carbocycles. The number of ether oxygens (including phenoxy) is 1. The van der Waals surface area contributed by atoms with Gasteiger partial charge in [0.15, 0.2) is 0 Å². The van der Waals surface area contributed by atoms with Crippen LogP contribution in [0, 0.1) is 6.92 Å². The molecule has 0 aliphatic carbocycles. The van der Waals surface area contributed by atoms with Gasteiger partial charge in [0.05, 0.1) is 4.90 Å². The SMILES string of the molecule is CCN(Cc1ccc2c(c1)CN(S(=O)(=O)c1ccc(C)cc1)CCO2)C(C)=O. The summed E-state index contributed by atoms with van der Waals surface area (Å²) in [4.78, 5) is 13.7. The van der Waals surface area contributed by atoms with Crippen molar-refractivity contribution in [3.63, 3.8) is 0 Å². The van der Waals surface area contributed by atoms with Gasteiger partial charge >= 0.3 is 0 Å². The van der Waals surface area contributed by atoms with E-state index in [2.05, 4.69) is 0 Å². The second kappa shape index (κ2) is 8.32. The van der Waals surface area contributed by atoms with Gasteiger partial charge in [-0.25, -0.2) is 8.42 Å². The molecule has 0 N–H and O–H groups in total. The Hall–Kier alpha value is -2.38. The van der Waals surface area contributed by atoms with E-state index < -0.39 is 10.0 Å². The molecule has 3 rings (SSSR count). The van der Waals surface area contributed by atoms with Crippen LogP contribution in [0.15, 0.2) is 47.4 Å². The van der Waals surface area contributed by atoms with Crippen LogP contribution in [0.4, 0.5) is 0 Å². The summed E-state index contributed by atoms with van der Waals surface area (Å²) >= 11 is 0. The fraction of sp³-hybridized carbons (Fsp3) is 0.381. The quantitative estimate of drug-likeness (QED) is 0.771. The van der Waals surface area contributed by atoms with Crippen molar-refractivity contribution in [2.45, 2.75) is 38.8 Å². The zero-order chi connectivity index (χ0) is 20.3.